The summed E-state index contributed by atoms with van der Waals surface area (Å²) in [4.78, 5) is 13.9. The fourth-order valence-electron chi connectivity index (χ4n) is 2.34. The van der Waals surface area contributed by atoms with Crippen molar-refractivity contribution in [1.82, 2.24) is 4.90 Å². The number of nitrogens with zero attached hydrogens (tertiary/aromatic N) is 1. The molecule has 1 aliphatic heterocycles. The highest BCUT2D eigenvalue weighted by atomic mass is 16.5. The number of benzene rings is 1. The first kappa shape index (κ1) is 14.4. The SMILES string of the molecule is CCOc1ccc(/C=C\C(=O)N2CCCCC2)cc1N. The molecule has 4 nitrogen and oxygen atoms in total. The summed E-state index contributed by atoms with van der Waals surface area (Å²) in [7, 11) is 0. The molecule has 0 atom stereocenters. The summed E-state index contributed by atoms with van der Waals surface area (Å²) in [6.07, 6.45) is 6.87. The predicted molar refractivity (Wildman–Crippen MR) is 81.5 cm³/mol. The van der Waals surface area contributed by atoms with Gasteiger partial charge in [0.05, 0.1) is 12.3 Å². The number of piperidine rings is 1. The second-order valence-corrected chi connectivity index (χ2v) is 4.95. The highest BCUT2D eigenvalue weighted by Gasteiger charge is 2.13. The second-order valence-electron chi connectivity index (χ2n) is 4.95. The number of carbonyl (C=O) groups excluding carboxylic acids is 1. The van der Waals surface area contributed by atoms with Crippen molar-refractivity contribution in [3.05, 3.63) is 29.8 Å². The van der Waals surface area contributed by atoms with Crippen molar-refractivity contribution >= 4 is 17.7 Å². The predicted octanol–water partition coefficient (Wildman–Crippen LogP) is 2.69. The van der Waals surface area contributed by atoms with Crippen LogP contribution in [0.3, 0.4) is 0 Å². The van der Waals surface area contributed by atoms with Crippen molar-refractivity contribution < 1.29 is 9.53 Å². The molecule has 0 spiro atoms. The first-order valence-electron chi connectivity index (χ1n) is 7.20. The van der Waals surface area contributed by atoms with E-state index in [1.54, 1.807) is 6.08 Å². The number of nitrogen functional groups attached to an aromatic ring is 1. The summed E-state index contributed by atoms with van der Waals surface area (Å²) in [5, 5.41) is 0. The number of hydrogen-bond acceptors (Lipinski definition) is 3. The number of likely N-dealkylation sites (tertiary alicyclic amines) is 1. The number of hydrogen-bond donors (Lipinski definition) is 1. The molecule has 1 aromatic carbocycles. The van der Waals surface area contributed by atoms with Gasteiger partial charge in [-0.05, 0) is 50.0 Å². The molecule has 0 aromatic heterocycles. The van der Waals surface area contributed by atoms with E-state index < -0.39 is 0 Å². The maximum absolute atomic E-state index is 12.0. The number of carbonyl (C=O) groups is 1. The summed E-state index contributed by atoms with van der Waals surface area (Å²) in [5.41, 5.74) is 7.41. The average molecular weight is 274 g/mol. The molecule has 0 bridgehead atoms. The Morgan fingerprint density at radius 3 is 2.75 bits per heavy atom. The van der Waals surface area contributed by atoms with E-state index in [0.717, 1.165) is 31.5 Å². The highest BCUT2D eigenvalue weighted by Crippen LogP contribution is 2.23. The molecule has 1 amide bonds. The van der Waals surface area contributed by atoms with Gasteiger partial charge in [0.1, 0.15) is 5.75 Å². The van der Waals surface area contributed by atoms with E-state index in [4.69, 9.17) is 10.5 Å². The van der Waals surface area contributed by atoms with Crippen molar-refractivity contribution in [2.75, 3.05) is 25.4 Å². The Morgan fingerprint density at radius 2 is 2.10 bits per heavy atom. The van der Waals surface area contributed by atoms with Gasteiger partial charge in [-0.1, -0.05) is 6.07 Å². The van der Waals surface area contributed by atoms with Crippen LogP contribution in [0.5, 0.6) is 5.75 Å². The van der Waals surface area contributed by atoms with Gasteiger partial charge in [0.15, 0.2) is 0 Å². The third-order valence-corrected chi connectivity index (χ3v) is 3.42. The van der Waals surface area contributed by atoms with E-state index in [0.29, 0.717) is 18.0 Å². The number of anilines is 1. The number of amides is 1. The molecule has 0 saturated carbocycles. The Morgan fingerprint density at radius 1 is 1.35 bits per heavy atom. The maximum Gasteiger partial charge on any atom is 0.246 e. The molecule has 0 aliphatic carbocycles. The molecule has 20 heavy (non-hydrogen) atoms. The van der Waals surface area contributed by atoms with Gasteiger partial charge >= 0.3 is 0 Å². The van der Waals surface area contributed by atoms with Crippen LogP contribution in [0.1, 0.15) is 31.7 Å². The maximum atomic E-state index is 12.0. The van der Waals surface area contributed by atoms with Gasteiger partial charge in [0.25, 0.3) is 0 Å². The van der Waals surface area contributed by atoms with Gasteiger partial charge in [-0.25, -0.2) is 0 Å². The van der Waals surface area contributed by atoms with Crippen LogP contribution in [0.25, 0.3) is 6.08 Å². The van der Waals surface area contributed by atoms with Crippen LogP contribution in [0.2, 0.25) is 0 Å². The standard InChI is InChI=1S/C16H22N2O2/c1-2-20-15-8-6-13(12-14(15)17)7-9-16(19)18-10-4-3-5-11-18/h6-9,12H,2-5,10-11,17H2,1H3/b9-7-. The zero-order valence-corrected chi connectivity index (χ0v) is 12.0. The lowest BCUT2D eigenvalue weighted by Gasteiger charge is -2.25. The molecule has 108 valence electrons. The van der Waals surface area contributed by atoms with Crippen LogP contribution in [0.15, 0.2) is 24.3 Å². The van der Waals surface area contributed by atoms with Crippen LogP contribution < -0.4 is 10.5 Å². The first-order valence-corrected chi connectivity index (χ1v) is 7.20. The summed E-state index contributed by atoms with van der Waals surface area (Å²) in [6.45, 7) is 4.25. The van der Waals surface area contributed by atoms with Crippen molar-refractivity contribution in [2.24, 2.45) is 0 Å². The monoisotopic (exact) mass is 274 g/mol. The Hall–Kier alpha value is -1.97. The van der Waals surface area contributed by atoms with E-state index in [1.807, 2.05) is 36.1 Å². The fourth-order valence-corrected chi connectivity index (χ4v) is 2.34. The number of ether oxygens (including phenoxy) is 1. The van der Waals surface area contributed by atoms with E-state index in [9.17, 15) is 4.79 Å². The van der Waals surface area contributed by atoms with Crippen molar-refractivity contribution in [2.45, 2.75) is 26.2 Å². The van der Waals surface area contributed by atoms with Crippen molar-refractivity contribution in [3.8, 4) is 5.75 Å². The summed E-state index contributed by atoms with van der Waals surface area (Å²) >= 11 is 0. The zero-order valence-electron chi connectivity index (χ0n) is 12.0. The van der Waals surface area contributed by atoms with Crippen LogP contribution in [0, 0.1) is 0 Å². The molecule has 1 fully saturated rings. The van der Waals surface area contributed by atoms with Gasteiger partial charge in [-0.3, -0.25) is 4.79 Å². The third-order valence-electron chi connectivity index (χ3n) is 3.42. The number of rotatable bonds is 4. The Balaban J connectivity index is 1.99. The average Bonchev–Trinajstić information content (AvgIpc) is 2.48. The fraction of sp³-hybridized carbons (Fsp3) is 0.438. The topological polar surface area (TPSA) is 55.6 Å². The molecule has 1 saturated heterocycles. The lowest BCUT2D eigenvalue weighted by atomic mass is 10.1. The van der Waals surface area contributed by atoms with Gasteiger partial charge in [0.2, 0.25) is 5.91 Å². The van der Waals surface area contributed by atoms with Crippen LogP contribution in [-0.2, 0) is 4.79 Å². The second kappa shape index (κ2) is 6.98. The molecule has 2 rings (SSSR count). The van der Waals surface area contributed by atoms with Crippen LogP contribution in [-0.4, -0.2) is 30.5 Å². The quantitative estimate of drug-likeness (QED) is 0.678. The zero-order chi connectivity index (χ0) is 14.4. The molecular formula is C16H22N2O2. The molecule has 1 aliphatic rings. The molecule has 0 unspecified atom stereocenters. The normalized spacial score (nSPS) is 15.6. The summed E-state index contributed by atoms with van der Waals surface area (Å²) in [5.74, 6) is 0.768. The summed E-state index contributed by atoms with van der Waals surface area (Å²) in [6, 6.07) is 5.57. The van der Waals surface area contributed by atoms with E-state index in [2.05, 4.69) is 0 Å². The Labute approximate surface area is 120 Å². The van der Waals surface area contributed by atoms with Gasteiger partial charge in [-0.15, -0.1) is 0 Å². The molecular weight excluding hydrogens is 252 g/mol. The smallest absolute Gasteiger partial charge is 0.246 e. The first-order chi connectivity index (χ1) is 9.70. The Bertz CT molecular complexity index is 491. The van der Waals surface area contributed by atoms with Gasteiger partial charge < -0.3 is 15.4 Å². The minimum atomic E-state index is 0.0807. The van der Waals surface area contributed by atoms with Gasteiger partial charge in [-0.2, -0.15) is 0 Å². The largest absolute Gasteiger partial charge is 0.492 e. The van der Waals surface area contributed by atoms with E-state index >= 15 is 0 Å². The number of nitrogens with two attached hydrogens (primary N) is 1. The minimum Gasteiger partial charge on any atom is -0.492 e. The minimum absolute atomic E-state index is 0.0807. The molecule has 0 radical (unpaired) electrons. The molecule has 4 heteroatoms. The van der Waals surface area contributed by atoms with Crippen LogP contribution >= 0.6 is 0 Å². The molecule has 2 N–H and O–H groups in total. The highest BCUT2D eigenvalue weighted by molar-refractivity contribution is 5.92. The Kier molecular flexibility index (Phi) is 5.04. The lowest BCUT2D eigenvalue weighted by Crippen LogP contribution is -2.34. The summed E-state index contributed by atoms with van der Waals surface area (Å²) < 4.78 is 5.39. The van der Waals surface area contributed by atoms with E-state index in [1.165, 1.54) is 6.42 Å². The van der Waals surface area contributed by atoms with Crippen LogP contribution in [0.4, 0.5) is 5.69 Å². The molecule has 1 heterocycles. The van der Waals surface area contributed by atoms with Crippen molar-refractivity contribution in [1.29, 1.82) is 0 Å². The molecule has 1 aromatic rings. The van der Waals surface area contributed by atoms with Gasteiger partial charge in [0, 0.05) is 19.2 Å². The van der Waals surface area contributed by atoms with E-state index in [-0.39, 0.29) is 5.91 Å². The third kappa shape index (κ3) is 3.76. The van der Waals surface area contributed by atoms with Crippen molar-refractivity contribution in [3.63, 3.8) is 0 Å². The lowest BCUT2D eigenvalue weighted by molar-refractivity contribution is -0.126.